The number of carbonyl (C=O) groups excluding carboxylic acids is 1. The summed E-state index contributed by atoms with van der Waals surface area (Å²) in [5, 5.41) is 6.56. The average molecular weight is 332 g/mol. The fourth-order valence-corrected chi connectivity index (χ4v) is 2.52. The van der Waals surface area contributed by atoms with Crippen LogP contribution in [0.25, 0.3) is 0 Å². The summed E-state index contributed by atoms with van der Waals surface area (Å²) in [4.78, 5) is 19.9. The number of rotatable bonds is 6. The van der Waals surface area contributed by atoms with Crippen LogP contribution in [0.4, 0.5) is 23.0 Å². The van der Waals surface area contributed by atoms with Crippen molar-refractivity contribution in [3.05, 3.63) is 72.1 Å². The Morgan fingerprint density at radius 1 is 0.960 bits per heavy atom. The van der Waals surface area contributed by atoms with Crippen molar-refractivity contribution in [1.29, 1.82) is 0 Å². The number of carbonyl (C=O) groups is 1. The van der Waals surface area contributed by atoms with Crippen LogP contribution in [0.2, 0.25) is 0 Å². The summed E-state index contributed by atoms with van der Waals surface area (Å²) in [6.07, 6.45) is 2.46. The van der Waals surface area contributed by atoms with Crippen LogP contribution in [-0.4, -0.2) is 15.8 Å². The Morgan fingerprint density at radius 3 is 2.32 bits per heavy atom. The highest BCUT2D eigenvalue weighted by Crippen LogP contribution is 2.22. The lowest BCUT2D eigenvalue weighted by Gasteiger charge is -2.11. The maximum atomic E-state index is 11.3. The molecule has 0 spiro atoms. The molecule has 3 rings (SSSR count). The molecule has 0 atom stereocenters. The van der Waals surface area contributed by atoms with Crippen molar-refractivity contribution in [2.24, 2.45) is 0 Å². The minimum atomic E-state index is 0.0506. The molecule has 0 fully saturated rings. The Balaban J connectivity index is 1.76. The Hall–Kier alpha value is -3.21. The number of Topliss-reactive ketones (excluding diaryl/α,β-unsaturated/α-hetero) is 1. The van der Waals surface area contributed by atoms with Crippen LogP contribution in [0.1, 0.15) is 29.8 Å². The molecule has 0 radical (unpaired) electrons. The van der Waals surface area contributed by atoms with Crippen molar-refractivity contribution in [2.45, 2.75) is 20.3 Å². The fraction of sp³-hybridized carbons (Fsp3) is 0.150. The van der Waals surface area contributed by atoms with E-state index in [9.17, 15) is 4.79 Å². The van der Waals surface area contributed by atoms with Crippen LogP contribution in [0.5, 0.6) is 0 Å². The molecule has 1 heterocycles. The SMILES string of the molecule is CCc1ccccc1Nc1cc(Nc2ccc(C(C)=O)cc2)ncn1. The van der Waals surface area contributed by atoms with Gasteiger partial charge in [-0.25, -0.2) is 9.97 Å². The van der Waals surface area contributed by atoms with Gasteiger partial charge in [0.1, 0.15) is 18.0 Å². The predicted octanol–water partition coefficient (Wildman–Crippen LogP) is 4.73. The van der Waals surface area contributed by atoms with Gasteiger partial charge in [0, 0.05) is 23.0 Å². The Kier molecular flexibility index (Phi) is 5.04. The van der Waals surface area contributed by atoms with Gasteiger partial charge in [-0.1, -0.05) is 25.1 Å². The summed E-state index contributed by atoms with van der Waals surface area (Å²) < 4.78 is 0. The van der Waals surface area contributed by atoms with E-state index in [4.69, 9.17) is 0 Å². The average Bonchev–Trinajstić information content (AvgIpc) is 2.63. The van der Waals surface area contributed by atoms with Crippen LogP contribution in [0.3, 0.4) is 0 Å². The maximum Gasteiger partial charge on any atom is 0.159 e. The third kappa shape index (κ3) is 4.20. The van der Waals surface area contributed by atoms with Crippen molar-refractivity contribution < 1.29 is 4.79 Å². The first-order valence-electron chi connectivity index (χ1n) is 8.20. The van der Waals surface area contributed by atoms with Crippen molar-refractivity contribution in [2.75, 3.05) is 10.6 Å². The van der Waals surface area contributed by atoms with Gasteiger partial charge in [0.15, 0.2) is 5.78 Å². The van der Waals surface area contributed by atoms with Gasteiger partial charge in [0.2, 0.25) is 0 Å². The van der Waals surface area contributed by atoms with E-state index in [1.54, 1.807) is 19.1 Å². The van der Waals surface area contributed by atoms with Crippen LogP contribution >= 0.6 is 0 Å². The van der Waals surface area contributed by atoms with Crippen molar-refractivity contribution >= 4 is 28.8 Å². The fourth-order valence-electron chi connectivity index (χ4n) is 2.52. The molecule has 0 unspecified atom stereocenters. The minimum Gasteiger partial charge on any atom is -0.340 e. The molecular formula is C20H20N4O. The molecule has 0 amide bonds. The smallest absolute Gasteiger partial charge is 0.159 e. The Bertz CT molecular complexity index is 875. The zero-order valence-electron chi connectivity index (χ0n) is 14.3. The molecule has 126 valence electrons. The zero-order chi connectivity index (χ0) is 17.6. The topological polar surface area (TPSA) is 66.9 Å². The number of ketones is 1. The molecule has 2 N–H and O–H groups in total. The number of aryl methyl sites for hydroxylation is 1. The summed E-state index contributed by atoms with van der Waals surface area (Å²) in [6.45, 7) is 3.68. The number of benzene rings is 2. The molecule has 0 saturated heterocycles. The summed E-state index contributed by atoms with van der Waals surface area (Å²) in [6, 6.07) is 17.3. The standard InChI is InChI=1S/C20H20N4O/c1-3-15-6-4-5-7-18(15)24-20-12-19(21-13-22-20)23-17-10-8-16(9-11-17)14(2)25/h4-13H,3H2,1-2H3,(H2,21,22,23,24). The summed E-state index contributed by atoms with van der Waals surface area (Å²) in [5.41, 5.74) is 3.83. The van der Waals surface area contributed by atoms with E-state index < -0.39 is 0 Å². The van der Waals surface area contributed by atoms with Crippen LogP contribution in [0, 0.1) is 0 Å². The highest BCUT2D eigenvalue weighted by atomic mass is 16.1. The Labute approximate surface area is 147 Å². The van der Waals surface area contributed by atoms with Crippen LogP contribution in [0.15, 0.2) is 60.9 Å². The molecule has 5 nitrogen and oxygen atoms in total. The first kappa shape index (κ1) is 16.6. The largest absolute Gasteiger partial charge is 0.340 e. The van der Waals surface area contributed by atoms with Crippen molar-refractivity contribution in [1.82, 2.24) is 9.97 Å². The van der Waals surface area contributed by atoms with Crippen molar-refractivity contribution in [3.8, 4) is 0 Å². The van der Waals surface area contributed by atoms with Crippen LogP contribution in [-0.2, 0) is 6.42 Å². The molecule has 0 aliphatic heterocycles. The normalized spacial score (nSPS) is 10.3. The number of anilines is 4. The monoisotopic (exact) mass is 332 g/mol. The number of aromatic nitrogens is 2. The summed E-state index contributed by atoms with van der Waals surface area (Å²) >= 11 is 0. The van der Waals surface area contributed by atoms with Gasteiger partial charge >= 0.3 is 0 Å². The van der Waals surface area contributed by atoms with Gasteiger partial charge in [-0.3, -0.25) is 4.79 Å². The first-order chi connectivity index (χ1) is 12.2. The number of nitrogens with zero attached hydrogens (tertiary/aromatic N) is 2. The third-order valence-electron chi connectivity index (χ3n) is 3.89. The quantitative estimate of drug-likeness (QED) is 0.639. The van der Waals surface area contributed by atoms with E-state index in [1.807, 2.05) is 36.4 Å². The van der Waals surface area contributed by atoms with E-state index in [1.165, 1.54) is 11.9 Å². The van der Waals surface area contributed by atoms with E-state index in [-0.39, 0.29) is 5.78 Å². The molecule has 0 aliphatic carbocycles. The predicted molar refractivity (Wildman–Crippen MR) is 101 cm³/mol. The van der Waals surface area contributed by atoms with E-state index in [0.717, 1.165) is 23.6 Å². The lowest BCUT2D eigenvalue weighted by Crippen LogP contribution is -2.00. The van der Waals surface area contributed by atoms with Gasteiger partial charge in [-0.15, -0.1) is 0 Å². The molecule has 0 bridgehead atoms. The number of hydrogen-bond acceptors (Lipinski definition) is 5. The highest BCUT2D eigenvalue weighted by Gasteiger charge is 2.04. The van der Waals surface area contributed by atoms with E-state index >= 15 is 0 Å². The third-order valence-corrected chi connectivity index (χ3v) is 3.89. The van der Waals surface area contributed by atoms with Gasteiger partial charge < -0.3 is 10.6 Å². The van der Waals surface area contributed by atoms with E-state index in [0.29, 0.717) is 11.4 Å². The van der Waals surface area contributed by atoms with E-state index in [2.05, 4.69) is 33.6 Å². The zero-order valence-corrected chi connectivity index (χ0v) is 14.3. The van der Waals surface area contributed by atoms with Gasteiger partial charge in [0.25, 0.3) is 0 Å². The maximum absolute atomic E-state index is 11.3. The highest BCUT2D eigenvalue weighted by molar-refractivity contribution is 5.94. The number of para-hydroxylation sites is 1. The minimum absolute atomic E-state index is 0.0506. The molecule has 0 aliphatic rings. The van der Waals surface area contributed by atoms with Gasteiger partial charge in [0.05, 0.1) is 0 Å². The first-order valence-corrected chi connectivity index (χ1v) is 8.20. The summed E-state index contributed by atoms with van der Waals surface area (Å²) in [5.74, 6) is 1.45. The molecule has 1 aromatic heterocycles. The lowest BCUT2D eigenvalue weighted by atomic mass is 10.1. The number of nitrogens with one attached hydrogen (secondary N) is 2. The molecule has 0 saturated carbocycles. The second kappa shape index (κ2) is 7.57. The molecule has 3 aromatic rings. The molecule has 2 aromatic carbocycles. The molecular weight excluding hydrogens is 312 g/mol. The second-order valence-corrected chi connectivity index (χ2v) is 5.68. The molecule has 5 heteroatoms. The second-order valence-electron chi connectivity index (χ2n) is 5.68. The number of hydrogen-bond donors (Lipinski definition) is 2. The Morgan fingerprint density at radius 2 is 1.64 bits per heavy atom. The summed E-state index contributed by atoms with van der Waals surface area (Å²) in [7, 11) is 0. The van der Waals surface area contributed by atoms with Crippen molar-refractivity contribution in [3.63, 3.8) is 0 Å². The van der Waals surface area contributed by atoms with Gasteiger partial charge in [-0.2, -0.15) is 0 Å². The lowest BCUT2D eigenvalue weighted by molar-refractivity contribution is 0.101. The van der Waals surface area contributed by atoms with Crippen LogP contribution < -0.4 is 10.6 Å². The molecule has 25 heavy (non-hydrogen) atoms. The van der Waals surface area contributed by atoms with Gasteiger partial charge in [-0.05, 0) is 49.2 Å².